The molecule has 2 heterocycles. The predicted molar refractivity (Wildman–Crippen MR) is 91.6 cm³/mol. The van der Waals surface area contributed by atoms with Crippen LogP contribution in [0.2, 0.25) is 0 Å². The lowest BCUT2D eigenvalue weighted by molar-refractivity contribution is -0.127. The van der Waals surface area contributed by atoms with Gasteiger partial charge in [0, 0.05) is 30.6 Å². The fraction of sp³-hybridized carbons (Fsp3) is 0.579. The van der Waals surface area contributed by atoms with E-state index in [0.29, 0.717) is 36.2 Å². The molecule has 2 aliphatic heterocycles. The number of rotatable bonds is 3. The van der Waals surface area contributed by atoms with Crippen LogP contribution in [0.1, 0.15) is 48.9 Å². The zero-order valence-corrected chi connectivity index (χ0v) is 14.3. The number of carbonyl (C=O) groups is 2. The molecule has 0 radical (unpaired) electrons. The number of nitrogens with one attached hydrogen (secondary N) is 1. The maximum absolute atomic E-state index is 12.7. The van der Waals surface area contributed by atoms with Crippen molar-refractivity contribution < 1.29 is 19.1 Å². The summed E-state index contributed by atoms with van der Waals surface area (Å²) in [5.74, 6) is 1.49. The summed E-state index contributed by atoms with van der Waals surface area (Å²) in [5.41, 5.74) is 0.609. The number of piperidine rings is 1. The van der Waals surface area contributed by atoms with Crippen molar-refractivity contribution in [3.63, 3.8) is 0 Å². The summed E-state index contributed by atoms with van der Waals surface area (Å²) in [4.78, 5) is 26.9. The lowest BCUT2D eigenvalue weighted by Crippen LogP contribution is -2.44. The van der Waals surface area contributed by atoms with Gasteiger partial charge in [-0.1, -0.05) is 12.8 Å². The van der Waals surface area contributed by atoms with Gasteiger partial charge < -0.3 is 19.7 Å². The number of hydrogen-bond donors (Lipinski definition) is 1. The number of carbonyl (C=O) groups excluding carboxylic acids is 2. The molecule has 3 aliphatic rings. The third-order valence-corrected chi connectivity index (χ3v) is 5.47. The minimum atomic E-state index is -0.00653. The lowest BCUT2D eigenvalue weighted by Gasteiger charge is -2.32. The fourth-order valence-electron chi connectivity index (χ4n) is 3.95. The van der Waals surface area contributed by atoms with E-state index in [1.54, 1.807) is 18.2 Å². The van der Waals surface area contributed by atoms with Crippen LogP contribution in [0.5, 0.6) is 11.5 Å². The van der Waals surface area contributed by atoms with Gasteiger partial charge in [-0.2, -0.15) is 0 Å². The van der Waals surface area contributed by atoms with Crippen molar-refractivity contribution >= 4 is 11.8 Å². The van der Waals surface area contributed by atoms with Gasteiger partial charge in [-0.05, 0) is 43.9 Å². The SMILES string of the molecule is O=C(NC1CCCC1)C1CCN(C(=O)c2ccc3c(c2)OCO3)CC1. The van der Waals surface area contributed by atoms with Gasteiger partial charge in [0.05, 0.1) is 0 Å². The standard InChI is InChI=1S/C19H24N2O4/c22-18(20-15-3-1-2-4-15)13-7-9-21(10-8-13)19(23)14-5-6-16-17(11-14)25-12-24-16/h5-6,11,13,15H,1-4,7-10,12H2,(H,20,22). The van der Waals surface area contributed by atoms with Gasteiger partial charge in [-0.25, -0.2) is 0 Å². The molecule has 25 heavy (non-hydrogen) atoms. The predicted octanol–water partition coefficient (Wildman–Crippen LogP) is 2.33. The Labute approximate surface area is 147 Å². The van der Waals surface area contributed by atoms with Gasteiger partial charge >= 0.3 is 0 Å². The summed E-state index contributed by atoms with van der Waals surface area (Å²) in [5, 5.41) is 3.18. The molecule has 0 aromatic heterocycles. The second-order valence-corrected chi connectivity index (χ2v) is 7.12. The highest BCUT2D eigenvalue weighted by Crippen LogP contribution is 2.33. The van der Waals surface area contributed by atoms with E-state index >= 15 is 0 Å². The van der Waals surface area contributed by atoms with Crippen molar-refractivity contribution in [3.05, 3.63) is 23.8 Å². The third-order valence-electron chi connectivity index (χ3n) is 5.47. The first-order valence-electron chi connectivity index (χ1n) is 9.20. The molecular weight excluding hydrogens is 320 g/mol. The topological polar surface area (TPSA) is 67.9 Å². The van der Waals surface area contributed by atoms with Crippen LogP contribution in [0.3, 0.4) is 0 Å². The van der Waals surface area contributed by atoms with Gasteiger partial charge in [-0.15, -0.1) is 0 Å². The Hall–Kier alpha value is -2.24. The summed E-state index contributed by atoms with van der Waals surface area (Å²) < 4.78 is 10.6. The second-order valence-electron chi connectivity index (χ2n) is 7.12. The van der Waals surface area contributed by atoms with Crippen molar-refractivity contribution in [3.8, 4) is 11.5 Å². The van der Waals surface area contributed by atoms with Crippen LogP contribution in [0.15, 0.2) is 18.2 Å². The fourth-order valence-corrected chi connectivity index (χ4v) is 3.95. The maximum Gasteiger partial charge on any atom is 0.253 e. The number of nitrogens with zero attached hydrogens (tertiary/aromatic N) is 1. The molecule has 1 aliphatic carbocycles. The van der Waals surface area contributed by atoms with Gasteiger partial charge in [0.25, 0.3) is 5.91 Å². The van der Waals surface area contributed by atoms with Crippen LogP contribution in [-0.2, 0) is 4.79 Å². The van der Waals surface area contributed by atoms with E-state index in [0.717, 1.165) is 25.7 Å². The average Bonchev–Trinajstić information content (AvgIpc) is 3.32. The van der Waals surface area contributed by atoms with Crippen LogP contribution < -0.4 is 14.8 Å². The molecule has 0 atom stereocenters. The Kier molecular flexibility index (Phi) is 4.51. The van der Waals surface area contributed by atoms with E-state index in [9.17, 15) is 9.59 Å². The van der Waals surface area contributed by atoms with E-state index in [1.807, 2.05) is 4.90 Å². The molecule has 2 amide bonds. The minimum Gasteiger partial charge on any atom is -0.454 e. The monoisotopic (exact) mass is 344 g/mol. The smallest absolute Gasteiger partial charge is 0.253 e. The van der Waals surface area contributed by atoms with E-state index < -0.39 is 0 Å². The van der Waals surface area contributed by atoms with Crippen LogP contribution in [-0.4, -0.2) is 42.6 Å². The molecule has 1 N–H and O–H groups in total. The molecule has 6 nitrogen and oxygen atoms in total. The molecule has 1 aromatic rings. The molecule has 0 spiro atoms. The van der Waals surface area contributed by atoms with Crippen molar-refractivity contribution in [2.75, 3.05) is 19.9 Å². The second kappa shape index (κ2) is 6.94. The first-order valence-corrected chi connectivity index (χ1v) is 9.20. The first kappa shape index (κ1) is 16.2. The molecule has 0 bridgehead atoms. The van der Waals surface area contributed by atoms with Crippen molar-refractivity contribution in [1.82, 2.24) is 10.2 Å². The molecule has 1 aromatic carbocycles. The average molecular weight is 344 g/mol. The summed E-state index contributed by atoms with van der Waals surface area (Å²) in [6.07, 6.45) is 6.10. The summed E-state index contributed by atoms with van der Waals surface area (Å²) >= 11 is 0. The molecule has 0 unspecified atom stereocenters. The van der Waals surface area contributed by atoms with Crippen molar-refractivity contribution in [2.24, 2.45) is 5.92 Å². The van der Waals surface area contributed by atoms with Crippen LogP contribution >= 0.6 is 0 Å². The van der Waals surface area contributed by atoms with Crippen molar-refractivity contribution in [1.29, 1.82) is 0 Å². The largest absolute Gasteiger partial charge is 0.454 e. The highest BCUT2D eigenvalue weighted by atomic mass is 16.7. The van der Waals surface area contributed by atoms with Gasteiger partial charge in [-0.3, -0.25) is 9.59 Å². The van der Waals surface area contributed by atoms with Crippen LogP contribution in [0.25, 0.3) is 0 Å². The highest BCUT2D eigenvalue weighted by molar-refractivity contribution is 5.95. The highest BCUT2D eigenvalue weighted by Gasteiger charge is 2.30. The zero-order chi connectivity index (χ0) is 17.2. The molecule has 1 saturated carbocycles. The summed E-state index contributed by atoms with van der Waals surface area (Å²) in [7, 11) is 0. The Morgan fingerprint density at radius 2 is 1.72 bits per heavy atom. The van der Waals surface area contributed by atoms with Gasteiger partial charge in [0.2, 0.25) is 12.7 Å². The number of fused-ring (bicyclic) bond motifs is 1. The normalized spacial score (nSPS) is 20.7. The molecule has 6 heteroatoms. The summed E-state index contributed by atoms with van der Waals surface area (Å²) in [6.45, 7) is 1.44. The van der Waals surface area contributed by atoms with Crippen LogP contribution in [0, 0.1) is 5.92 Å². The van der Waals surface area contributed by atoms with Crippen molar-refractivity contribution in [2.45, 2.75) is 44.6 Å². The van der Waals surface area contributed by atoms with Gasteiger partial charge in [0.1, 0.15) is 0 Å². The van der Waals surface area contributed by atoms with E-state index in [2.05, 4.69) is 5.32 Å². The Morgan fingerprint density at radius 3 is 2.48 bits per heavy atom. The Morgan fingerprint density at radius 1 is 1.00 bits per heavy atom. The molecule has 1 saturated heterocycles. The Bertz CT molecular complexity index is 661. The quantitative estimate of drug-likeness (QED) is 0.914. The third kappa shape index (κ3) is 3.43. The molecule has 2 fully saturated rings. The molecular formula is C19H24N2O4. The van der Waals surface area contributed by atoms with E-state index in [4.69, 9.17) is 9.47 Å². The minimum absolute atomic E-state index is 0.00653. The number of likely N-dealkylation sites (tertiary alicyclic amines) is 1. The van der Waals surface area contributed by atoms with E-state index in [1.165, 1.54) is 12.8 Å². The molecule has 134 valence electrons. The van der Waals surface area contributed by atoms with Crippen LogP contribution in [0.4, 0.5) is 0 Å². The van der Waals surface area contributed by atoms with E-state index in [-0.39, 0.29) is 24.5 Å². The Balaban J connectivity index is 1.32. The number of benzene rings is 1. The lowest BCUT2D eigenvalue weighted by atomic mass is 9.95. The maximum atomic E-state index is 12.7. The number of hydrogen-bond acceptors (Lipinski definition) is 4. The first-order chi connectivity index (χ1) is 12.2. The summed E-state index contributed by atoms with van der Waals surface area (Å²) in [6, 6.07) is 5.65. The zero-order valence-electron chi connectivity index (χ0n) is 14.3. The number of amides is 2. The number of ether oxygens (including phenoxy) is 2. The van der Waals surface area contributed by atoms with Gasteiger partial charge in [0.15, 0.2) is 11.5 Å². The molecule has 4 rings (SSSR count).